The van der Waals surface area contributed by atoms with Gasteiger partial charge in [-0.05, 0) is 12.8 Å². The first kappa shape index (κ1) is 37.3. The molecule has 0 spiro atoms. The van der Waals surface area contributed by atoms with Crippen molar-refractivity contribution in [2.75, 3.05) is 6.61 Å². The molecule has 4 unspecified atom stereocenters. The van der Waals surface area contributed by atoms with E-state index < -0.39 is 36.9 Å². The summed E-state index contributed by atoms with van der Waals surface area (Å²) in [6.07, 6.45) is 24.1. The summed E-state index contributed by atoms with van der Waals surface area (Å²) in [5, 5.41) is 43.1. The molecule has 38 heavy (non-hydrogen) atoms. The number of hydrogen-bond acceptors (Lipinski definition) is 5. The molecule has 0 aromatic rings. The molecule has 0 aromatic heterocycles. The first-order chi connectivity index (χ1) is 18.5. The molecule has 1 amide bonds. The van der Waals surface area contributed by atoms with Gasteiger partial charge in [-0.3, -0.25) is 4.79 Å². The van der Waals surface area contributed by atoms with Crippen LogP contribution in [0.3, 0.4) is 0 Å². The highest BCUT2D eigenvalue weighted by Gasteiger charge is 2.28. The van der Waals surface area contributed by atoms with Gasteiger partial charge in [0.2, 0.25) is 5.91 Å². The van der Waals surface area contributed by atoms with Crippen molar-refractivity contribution in [2.45, 2.75) is 192 Å². The minimum Gasteiger partial charge on any atom is -0.394 e. The van der Waals surface area contributed by atoms with Crippen LogP contribution in [0.1, 0.15) is 168 Å². The SMILES string of the molecule is CCCCCCCCCCCCCCCCC(O)C(O)C(CO)NC(=O)C(O)CCCCCCCCCC. The van der Waals surface area contributed by atoms with Crippen LogP contribution in [0.25, 0.3) is 0 Å². The predicted octanol–water partition coefficient (Wildman–Crippen LogP) is 6.95. The van der Waals surface area contributed by atoms with E-state index in [1.165, 1.54) is 103 Å². The molecular weight excluding hydrogens is 478 g/mol. The third-order valence-electron chi connectivity index (χ3n) is 7.82. The maximum Gasteiger partial charge on any atom is 0.249 e. The standard InChI is InChI=1S/C32H65NO5/c1-3-5-7-9-11-13-14-15-16-17-18-20-21-23-25-29(35)31(37)28(27-34)33-32(38)30(36)26-24-22-19-12-10-8-6-4-2/h28-31,34-37H,3-27H2,1-2H3,(H,33,38). The van der Waals surface area contributed by atoms with E-state index in [-0.39, 0.29) is 0 Å². The van der Waals surface area contributed by atoms with E-state index in [9.17, 15) is 25.2 Å². The van der Waals surface area contributed by atoms with Crippen LogP contribution in [0, 0.1) is 0 Å². The molecule has 0 aliphatic heterocycles. The Kier molecular flexibility index (Phi) is 27.4. The molecule has 0 fully saturated rings. The zero-order valence-corrected chi connectivity index (χ0v) is 25.2. The summed E-state index contributed by atoms with van der Waals surface area (Å²) < 4.78 is 0. The summed E-state index contributed by atoms with van der Waals surface area (Å²) in [4.78, 5) is 12.3. The third-order valence-corrected chi connectivity index (χ3v) is 7.82. The zero-order valence-electron chi connectivity index (χ0n) is 25.2. The monoisotopic (exact) mass is 543 g/mol. The van der Waals surface area contributed by atoms with Crippen molar-refractivity contribution in [3.05, 3.63) is 0 Å². The highest BCUT2D eigenvalue weighted by molar-refractivity contribution is 5.80. The van der Waals surface area contributed by atoms with E-state index in [0.29, 0.717) is 12.8 Å². The summed E-state index contributed by atoms with van der Waals surface area (Å²) >= 11 is 0. The first-order valence-corrected chi connectivity index (χ1v) is 16.4. The fraction of sp³-hybridized carbons (Fsp3) is 0.969. The van der Waals surface area contributed by atoms with Crippen molar-refractivity contribution in [2.24, 2.45) is 0 Å². The topological polar surface area (TPSA) is 110 Å². The van der Waals surface area contributed by atoms with Crippen molar-refractivity contribution in [3.8, 4) is 0 Å². The van der Waals surface area contributed by atoms with Crippen molar-refractivity contribution in [1.29, 1.82) is 0 Å². The number of unbranched alkanes of at least 4 members (excludes halogenated alkanes) is 20. The molecule has 0 bridgehead atoms. The number of aliphatic hydroxyl groups is 4. The van der Waals surface area contributed by atoms with E-state index in [4.69, 9.17) is 0 Å². The van der Waals surface area contributed by atoms with Crippen LogP contribution < -0.4 is 5.32 Å². The second kappa shape index (κ2) is 27.9. The van der Waals surface area contributed by atoms with E-state index in [1.54, 1.807) is 0 Å². The Morgan fingerprint density at radius 3 is 1.26 bits per heavy atom. The summed E-state index contributed by atoms with van der Waals surface area (Å²) in [5.41, 5.74) is 0. The Balaban J connectivity index is 3.83. The van der Waals surface area contributed by atoms with Crippen LogP contribution in [-0.2, 0) is 4.79 Å². The van der Waals surface area contributed by atoms with Crippen LogP contribution in [0.15, 0.2) is 0 Å². The lowest BCUT2D eigenvalue weighted by Gasteiger charge is -2.27. The highest BCUT2D eigenvalue weighted by atomic mass is 16.3. The number of hydrogen-bond donors (Lipinski definition) is 5. The van der Waals surface area contributed by atoms with Gasteiger partial charge in [0.1, 0.15) is 12.2 Å². The Hall–Kier alpha value is -0.690. The summed E-state index contributed by atoms with van der Waals surface area (Å²) in [6, 6.07) is -0.975. The van der Waals surface area contributed by atoms with Gasteiger partial charge in [0, 0.05) is 0 Å². The molecule has 0 heterocycles. The van der Waals surface area contributed by atoms with Crippen molar-refractivity contribution in [1.82, 2.24) is 5.32 Å². The molecule has 5 N–H and O–H groups in total. The largest absolute Gasteiger partial charge is 0.394 e. The summed E-state index contributed by atoms with van der Waals surface area (Å²) in [6.45, 7) is 3.98. The molecular formula is C32H65NO5. The smallest absolute Gasteiger partial charge is 0.249 e. The zero-order chi connectivity index (χ0) is 28.3. The lowest BCUT2D eigenvalue weighted by atomic mass is 9.99. The van der Waals surface area contributed by atoms with Gasteiger partial charge in [0.05, 0.1) is 18.8 Å². The van der Waals surface area contributed by atoms with Gasteiger partial charge in [-0.1, -0.05) is 155 Å². The normalized spacial score (nSPS) is 14.8. The molecule has 0 aliphatic carbocycles. The fourth-order valence-corrected chi connectivity index (χ4v) is 5.11. The second-order valence-electron chi connectivity index (χ2n) is 11.5. The molecule has 228 valence electrons. The average Bonchev–Trinajstić information content (AvgIpc) is 2.92. The van der Waals surface area contributed by atoms with Crippen molar-refractivity contribution < 1.29 is 25.2 Å². The van der Waals surface area contributed by atoms with Gasteiger partial charge in [0.15, 0.2) is 0 Å². The van der Waals surface area contributed by atoms with Gasteiger partial charge < -0.3 is 25.7 Å². The number of carbonyl (C=O) groups excluding carboxylic acids is 1. The van der Waals surface area contributed by atoms with Crippen LogP contribution in [0.5, 0.6) is 0 Å². The minimum absolute atomic E-state index is 0.372. The molecule has 0 aliphatic rings. The van der Waals surface area contributed by atoms with Gasteiger partial charge >= 0.3 is 0 Å². The van der Waals surface area contributed by atoms with Gasteiger partial charge in [-0.2, -0.15) is 0 Å². The maximum absolute atomic E-state index is 12.3. The number of nitrogens with one attached hydrogen (secondary N) is 1. The predicted molar refractivity (Wildman–Crippen MR) is 159 cm³/mol. The van der Waals surface area contributed by atoms with Gasteiger partial charge in [-0.25, -0.2) is 0 Å². The van der Waals surface area contributed by atoms with Crippen LogP contribution in [-0.4, -0.2) is 57.3 Å². The van der Waals surface area contributed by atoms with Gasteiger partial charge in [0.25, 0.3) is 0 Å². The van der Waals surface area contributed by atoms with E-state index >= 15 is 0 Å². The molecule has 6 nitrogen and oxygen atoms in total. The molecule has 0 rings (SSSR count). The molecule has 4 atom stereocenters. The Morgan fingerprint density at radius 2 is 0.895 bits per heavy atom. The first-order valence-electron chi connectivity index (χ1n) is 16.4. The molecule has 6 heteroatoms. The quantitative estimate of drug-likeness (QED) is 0.0656. The van der Waals surface area contributed by atoms with Crippen molar-refractivity contribution in [3.63, 3.8) is 0 Å². The lowest BCUT2D eigenvalue weighted by molar-refractivity contribution is -0.132. The Morgan fingerprint density at radius 1 is 0.553 bits per heavy atom. The van der Waals surface area contributed by atoms with Crippen LogP contribution in [0.4, 0.5) is 0 Å². The number of carbonyl (C=O) groups is 1. The van der Waals surface area contributed by atoms with Gasteiger partial charge in [-0.15, -0.1) is 0 Å². The van der Waals surface area contributed by atoms with E-state index in [2.05, 4.69) is 19.2 Å². The van der Waals surface area contributed by atoms with Crippen LogP contribution >= 0.6 is 0 Å². The van der Waals surface area contributed by atoms with Crippen LogP contribution in [0.2, 0.25) is 0 Å². The molecule has 0 aromatic carbocycles. The van der Waals surface area contributed by atoms with E-state index in [1.807, 2.05) is 0 Å². The Labute approximate surface area is 235 Å². The average molecular weight is 544 g/mol. The fourth-order valence-electron chi connectivity index (χ4n) is 5.11. The summed E-state index contributed by atoms with van der Waals surface area (Å²) in [5.74, 6) is -0.588. The van der Waals surface area contributed by atoms with E-state index in [0.717, 1.165) is 38.5 Å². The second-order valence-corrected chi connectivity index (χ2v) is 11.5. The Bertz CT molecular complexity index is 504. The molecule has 0 saturated carbocycles. The third kappa shape index (κ3) is 22.2. The number of aliphatic hydroxyl groups excluding tert-OH is 4. The maximum atomic E-state index is 12.3. The minimum atomic E-state index is -1.25. The molecule has 0 radical (unpaired) electrons. The number of rotatable bonds is 29. The van der Waals surface area contributed by atoms with Crippen molar-refractivity contribution >= 4 is 5.91 Å². The molecule has 0 saturated heterocycles. The summed E-state index contributed by atoms with van der Waals surface area (Å²) in [7, 11) is 0. The lowest BCUT2D eigenvalue weighted by Crippen LogP contribution is -2.53. The number of amides is 1. The highest BCUT2D eigenvalue weighted by Crippen LogP contribution is 2.16.